The third-order valence-corrected chi connectivity index (χ3v) is 1.80. The van der Waals surface area contributed by atoms with Crippen molar-refractivity contribution in [1.82, 2.24) is 4.98 Å². The predicted molar refractivity (Wildman–Crippen MR) is 50.3 cm³/mol. The van der Waals surface area contributed by atoms with Crippen molar-refractivity contribution in [2.45, 2.75) is 0 Å². The molecule has 0 aliphatic rings. The van der Waals surface area contributed by atoms with Crippen LogP contribution < -0.4 is 4.65 Å². The highest BCUT2D eigenvalue weighted by atomic mass is 16.5. The Morgan fingerprint density at radius 3 is 3.00 bits per heavy atom. The molecule has 2 aromatic rings. The van der Waals surface area contributed by atoms with Gasteiger partial charge in [-0.25, -0.2) is 0 Å². The molecule has 4 heteroatoms. The van der Waals surface area contributed by atoms with Crippen molar-refractivity contribution in [3.05, 3.63) is 36.7 Å². The molecule has 0 aliphatic carbocycles. The van der Waals surface area contributed by atoms with E-state index < -0.39 is 0 Å². The number of aromatic nitrogens is 1. The molecule has 0 saturated carbocycles. The standard InChI is InChI=1S/C9H7BNO2/c12-10-13-9-2-1-8-6-11-4-3-7(8)5-9/h1-6,12H. The Morgan fingerprint density at radius 2 is 2.15 bits per heavy atom. The summed E-state index contributed by atoms with van der Waals surface area (Å²) in [7, 11) is 0.669. The highest BCUT2D eigenvalue weighted by molar-refractivity contribution is 6.17. The number of pyridine rings is 1. The zero-order chi connectivity index (χ0) is 9.10. The van der Waals surface area contributed by atoms with Gasteiger partial charge in [-0.2, -0.15) is 0 Å². The molecule has 2 rings (SSSR count). The molecule has 0 aliphatic heterocycles. The Bertz CT molecular complexity index is 419. The van der Waals surface area contributed by atoms with Crippen molar-refractivity contribution < 1.29 is 9.68 Å². The van der Waals surface area contributed by atoms with E-state index in [2.05, 4.69) is 4.98 Å². The number of hydrogen-bond donors (Lipinski definition) is 1. The Labute approximate surface area is 76.3 Å². The maximum Gasteiger partial charge on any atom is 0.569 e. The fourth-order valence-electron chi connectivity index (χ4n) is 1.20. The lowest BCUT2D eigenvalue weighted by molar-refractivity contribution is 0.454. The van der Waals surface area contributed by atoms with Crippen LogP contribution in [-0.2, 0) is 0 Å². The summed E-state index contributed by atoms with van der Waals surface area (Å²) in [6.07, 6.45) is 3.50. The average molecular weight is 172 g/mol. The number of nitrogens with zero attached hydrogens (tertiary/aromatic N) is 1. The van der Waals surface area contributed by atoms with Gasteiger partial charge in [0.05, 0.1) is 0 Å². The maximum absolute atomic E-state index is 8.43. The third kappa shape index (κ3) is 1.62. The Morgan fingerprint density at radius 1 is 1.23 bits per heavy atom. The first-order valence-corrected chi connectivity index (χ1v) is 3.86. The van der Waals surface area contributed by atoms with Gasteiger partial charge in [-0.1, -0.05) is 0 Å². The Hall–Kier alpha value is -1.55. The van der Waals surface area contributed by atoms with Gasteiger partial charge < -0.3 is 9.68 Å². The van der Waals surface area contributed by atoms with E-state index in [1.165, 1.54) is 0 Å². The van der Waals surface area contributed by atoms with E-state index in [0.717, 1.165) is 10.8 Å². The average Bonchev–Trinajstić information content (AvgIpc) is 2.18. The quantitative estimate of drug-likeness (QED) is 0.690. The topological polar surface area (TPSA) is 42.4 Å². The lowest BCUT2D eigenvalue weighted by atomic mass is 10.2. The summed E-state index contributed by atoms with van der Waals surface area (Å²) >= 11 is 0. The molecule has 13 heavy (non-hydrogen) atoms. The van der Waals surface area contributed by atoms with Gasteiger partial charge in [0.25, 0.3) is 0 Å². The number of hydrogen-bond acceptors (Lipinski definition) is 3. The molecule has 63 valence electrons. The molecule has 1 aromatic heterocycles. The lowest BCUT2D eigenvalue weighted by Crippen LogP contribution is -1.99. The predicted octanol–water partition coefficient (Wildman–Crippen LogP) is 1.14. The van der Waals surface area contributed by atoms with Gasteiger partial charge in [0.1, 0.15) is 5.75 Å². The van der Waals surface area contributed by atoms with Crippen LogP contribution in [0.25, 0.3) is 10.8 Å². The van der Waals surface area contributed by atoms with Gasteiger partial charge in [-0.3, -0.25) is 4.98 Å². The van der Waals surface area contributed by atoms with Crippen molar-refractivity contribution in [1.29, 1.82) is 0 Å². The van der Waals surface area contributed by atoms with Crippen LogP contribution in [0.5, 0.6) is 5.75 Å². The van der Waals surface area contributed by atoms with Crippen molar-refractivity contribution in [3.8, 4) is 5.75 Å². The van der Waals surface area contributed by atoms with Crippen LogP contribution in [0.1, 0.15) is 0 Å². The summed E-state index contributed by atoms with van der Waals surface area (Å²) in [6.45, 7) is 0. The zero-order valence-electron chi connectivity index (χ0n) is 6.84. The summed E-state index contributed by atoms with van der Waals surface area (Å²) < 4.78 is 4.82. The van der Waals surface area contributed by atoms with Crippen molar-refractivity contribution in [3.63, 3.8) is 0 Å². The fourth-order valence-corrected chi connectivity index (χ4v) is 1.20. The minimum Gasteiger partial charge on any atom is -0.537 e. The van der Waals surface area contributed by atoms with Gasteiger partial charge in [0.15, 0.2) is 0 Å². The highest BCUT2D eigenvalue weighted by Gasteiger charge is 1.96. The second-order valence-corrected chi connectivity index (χ2v) is 2.61. The molecule has 0 amide bonds. The largest absolute Gasteiger partial charge is 0.569 e. The van der Waals surface area contributed by atoms with E-state index in [9.17, 15) is 0 Å². The number of benzene rings is 1. The van der Waals surface area contributed by atoms with E-state index in [-0.39, 0.29) is 0 Å². The summed E-state index contributed by atoms with van der Waals surface area (Å²) in [5.74, 6) is 0.612. The Balaban J connectivity index is 2.49. The first-order chi connectivity index (χ1) is 6.40. The third-order valence-electron chi connectivity index (χ3n) is 1.80. The lowest BCUT2D eigenvalue weighted by Gasteiger charge is -2.02. The van der Waals surface area contributed by atoms with Gasteiger partial charge in [0.2, 0.25) is 0 Å². The van der Waals surface area contributed by atoms with Crippen LogP contribution in [-0.4, -0.2) is 17.7 Å². The summed E-state index contributed by atoms with van der Waals surface area (Å²) in [4.78, 5) is 3.99. The van der Waals surface area contributed by atoms with Gasteiger partial charge in [0, 0.05) is 17.8 Å². The minimum absolute atomic E-state index is 0.612. The second-order valence-electron chi connectivity index (χ2n) is 2.61. The molecule has 0 atom stereocenters. The highest BCUT2D eigenvalue weighted by Crippen LogP contribution is 2.19. The minimum atomic E-state index is 0.612. The molecule has 0 spiro atoms. The summed E-state index contributed by atoms with van der Waals surface area (Å²) in [5.41, 5.74) is 0. The van der Waals surface area contributed by atoms with E-state index in [4.69, 9.17) is 9.68 Å². The number of fused-ring (bicyclic) bond motifs is 1. The van der Waals surface area contributed by atoms with Crippen LogP contribution in [0.2, 0.25) is 0 Å². The van der Waals surface area contributed by atoms with Gasteiger partial charge in [-0.15, -0.1) is 0 Å². The first-order valence-electron chi connectivity index (χ1n) is 3.86. The first kappa shape index (κ1) is 8.07. The molecule has 1 radical (unpaired) electrons. The molecule has 1 aromatic carbocycles. The van der Waals surface area contributed by atoms with E-state index in [1.54, 1.807) is 18.5 Å². The molecule has 1 N–H and O–H groups in total. The second kappa shape index (κ2) is 3.45. The molecule has 0 bridgehead atoms. The van der Waals surface area contributed by atoms with E-state index in [0.29, 0.717) is 13.4 Å². The fraction of sp³-hybridized carbons (Fsp3) is 0. The van der Waals surface area contributed by atoms with Crippen LogP contribution in [0.15, 0.2) is 36.7 Å². The van der Waals surface area contributed by atoms with E-state index >= 15 is 0 Å². The number of rotatable bonds is 2. The van der Waals surface area contributed by atoms with E-state index in [1.807, 2.05) is 18.2 Å². The summed E-state index contributed by atoms with van der Waals surface area (Å²) in [6, 6.07) is 7.39. The van der Waals surface area contributed by atoms with Crippen molar-refractivity contribution >= 4 is 18.5 Å². The molecular weight excluding hydrogens is 165 g/mol. The monoisotopic (exact) mass is 172 g/mol. The Kier molecular flexibility index (Phi) is 2.14. The molecule has 3 nitrogen and oxygen atoms in total. The van der Waals surface area contributed by atoms with Crippen molar-refractivity contribution in [2.24, 2.45) is 0 Å². The SMILES string of the molecule is O[B]Oc1ccc2cnccc2c1. The van der Waals surface area contributed by atoms with Crippen molar-refractivity contribution in [2.75, 3.05) is 0 Å². The molecule has 0 unspecified atom stereocenters. The van der Waals surface area contributed by atoms with Crippen LogP contribution in [0, 0.1) is 0 Å². The molecule has 1 heterocycles. The van der Waals surface area contributed by atoms with Crippen LogP contribution in [0.4, 0.5) is 0 Å². The summed E-state index contributed by atoms with van der Waals surface area (Å²) in [5, 5.41) is 10.5. The van der Waals surface area contributed by atoms with Gasteiger partial charge >= 0.3 is 7.69 Å². The molecule has 0 fully saturated rings. The maximum atomic E-state index is 8.43. The van der Waals surface area contributed by atoms with Crippen LogP contribution in [0.3, 0.4) is 0 Å². The smallest absolute Gasteiger partial charge is 0.537 e. The zero-order valence-corrected chi connectivity index (χ0v) is 6.84. The van der Waals surface area contributed by atoms with Crippen LogP contribution >= 0.6 is 0 Å². The molecular formula is C9H7BNO2. The van der Waals surface area contributed by atoms with Gasteiger partial charge in [-0.05, 0) is 29.7 Å². The normalized spacial score (nSPS) is 9.92. The molecule has 0 saturated heterocycles.